The van der Waals surface area contributed by atoms with E-state index in [1.165, 1.54) is 0 Å². The van der Waals surface area contributed by atoms with E-state index in [1.807, 2.05) is 78.9 Å². The van der Waals surface area contributed by atoms with Crippen molar-refractivity contribution in [2.45, 2.75) is 0 Å². The van der Waals surface area contributed by atoms with E-state index in [4.69, 9.17) is 4.42 Å². The molecule has 4 heteroatoms. The molecule has 26 heavy (non-hydrogen) atoms. The highest BCUT2D eigenvalue weighted by Gasteiger charge is 2.11. The molecule has 0 atom stereocenters. The van der Waals surface area contributed by atoms with Crippen LogP contribution in [0.25, 0.3) is 44.3 Å². The van der Waals surface area contributed by atoms with Crippen LogP contribution in [0, 0.1) is 0 Å². The van der Waals surface area contributed by atoms with Crippen molar-refractivity contribution in [3.05, 3.63) is 89.3 Å². The lowest BCUT2D eigenvalue weighted by Crippen LogP contribution is -2.02. The number of fused-ring (bicyclic) bond motifs is 2. The highest BCUT2D eigenvalue weighted by atomic mass is 16.4. The van der Waals surface area contributed by atoms with Gasteiger partial charge in [0.15, 0.2) is 0 Å². The van der Waals surface area contributed by atoms with E-state index >= 15 is 0 Å². The van der Waals surface area contributed by atoms with Crippen molar-refractivity contribution < 1.29 is 4.42 Å². The van der Waals surface area contributed by atoms with Crippen molar-refractivity contribution >= 4 is 21.9 Å². The molecule has 0 aliphatic rings. The fourth-order valence-electron chi connectivity index (χ4n) is 3.26. The first kappa shape index (κ1) is 14.7. The van der Waals surface area contributed by atoms with Crippen LogP contribution >= 0.6 is 0 Å². The van der Waals surface area contributed by atoms with E-state index in [1.54, 1.807) is 0 Å². The van der Waals surface area contributed by atoms with Crippen molar-refractivity contribution in [3.63, 3.8) is 0 Å². The van der Waals surface area contributed by atoms with E-state index in [0.717, 1.165) is 33.1 Å². The van der Waals surface area contributed by atoms with Crippen LogP contribution in [-0.4, -0.2) is 10.2 Å². The minimum absolute atomic E-state index is 0.340. The number of para-hydroxylation sites is 1. The molecule has 1 N–H and O–H groups in total. The number of hydrogen-bond donors (Lipinski definition) is 1. The smallest absolute Gasteiger partial charge is 0.344 e. The minimum Gasteiger partial charge on any atom is -0.422 e. The maximum absolute atomic E-state index is 12.5. The highest BCUT2D eigenvalue weighted by molar-refractivity contribution is 5.95. The molecule has 5 aromatic rings. The normalized spacial score (nSPS) is 11.2. The van der Waals surface area contributed by atoms with Crippen molar-refractivity contribution in [1.29, 1.82) is 0 Å². The van der Waals surface area contributed by atoms with Crippen LogP contribution in [0.5, 0.6) is 0 Å². The first-order chi connectivity index (χ1) is 12.8. The number of nitrogens with zero attached hydrogens (tertiary/aromatic N) is 1. The quantitative estimate of drug-likeness (QED) is 0.461. The molecular weight excluding hydrogens is 324 g/mol. The second-order valence-corrected chi connectivity index (χ2v) is 6.18. The van der Waals surface area contributed by atoms with Crippen molar-refractivity contribution in [2.75, 3.05) is 0 Å². The summed E-state index contributed by atoms with van der Waals surface area (Å²) in [6.45, 7) is 0. The van der Waals surface area contributed by atoms with Gasteiger partial charge < -0.3 is 4.42 Å². The lowest BCUT2D eigenvalue weighted by Gasteiger charge is -2.04. The molecule has 0 unspecified atom stereocenters. The number of hydrogen-bond acceptors (Lipinski definition) is 3. The predicted molar refractivity (Wildman–Crippen MR) is 103 cm³/mol. The number of H-pyrrole nitrogens is 1. The molecular formula is C22H14N2O2. The summed E-state index contributed by atoms with van der Waals surface area (Å²) in [5, 5.41) is 9.37. The van der Waals surface area contributed by atoms with Gasteiger partial charge in [0.25, 0.3) is 0 Å². The average Bonchev–Trinajstić information content (AvgIpc) is 3.12. The van der Waals surface area contributed by atoms with Gasteiger partial charge in [-0.1, -0.05) is 60.7 Å². The molecule has 0 aliphatic heterocycles. The van der Waals surface area contributed by atoms with Crippen LogP contribution in [0.1, 0.15) is 0 Å². The molecule has 2 heterocycles. The summed E-state index contributed by atoms with van der Waals surface area (Å²) in [5.41, 5.74) is 4.36. The predicted octanol–water partition coefficient (Wildman–Crippen LogP) is 5.00. The van der Waals surface area contributed by atoms with Crippen LogP contribution in [0.4, 0.5) is 0 Å². The molecule has 124 valence electrons. The summed E-state index contributed by atoms with van der Waals surface area (Å²) in [5.74, 6) is 0. The second kappa shape index (κ2) is 5.70. The molecule has 2 aromatic heterocycles. The summed E-state index contributed by atoms with van der Waals surface area (Å²) < 4.78 is 5.60. The van der Waals surface area contributed by atoms with Gasteiger partial charge in [-0.3, -0.25) is 5.10 Å². The van der Waals surface area contributed by atoms with Gasteiger partial charge in [-0.05, 0) is 23.8 Å². The zero-order valence-electron chi connectivity index (χ0n) is 13.8. The van der Waals surface area contributed by atoms with E-state index in [2.05, 4.69) is 10.2 Å². The first-order valence-corrected chi connectivity index (χ1v) is 8.36. The Morgan fingerprint density at radius 3 is 2.50 bits per heavy atom. The second-order valence-electron chi connectivity index (χ2n) is 6.18. The van der Waals surface area contributed by atoms with Gasteiger partial charge >= 0.3 is 5.63 Å². The lowest BCUT2D eigenvalue weighted by molar-refractivity contribution is 0.563. The van der Waals surface area contributed by atoms with Gasteiger partial charge in [-0.15, -0.1) is 0 Å². The Bertz CT molecular complexity index is 1300. The number of rotatable bonds is 2. The Morgan fingerprint density at radius 1 is 0.808 bits per heavy atom. The number of aromatic amines is 1. The Kier molecular flexibility index (Phi) is 3.22. The zero-order valence-corrected chi connectivity index (χ0v) is 13.8. The SMILES string of the molecule is O=c1oc2cc(-c3n[nH]c4ccccc34)ccc2cc1-c1ccccc1. The fraction of sp³-hybridized carbons (Fsp3) is 0. The third-order valence-electron chi connectivity index (χ3n) is 4.56. The van der Waals surface area contributed by atoms with E-state index < -0.39 is 0 Å². The van der Waals surface area contributed by atoms with Gasteiger partial charge in [-0.2, -0.15) is 5.10 Å². The fourth-order valence-corrected chi connectivity index (χ4v) is 3.26. The molecule has 3 aromatic carbocycles. The first-order valence-electron chi connectivity index (χ1n) is 8.36. The van der Waals surface area contributed by atoms with Crippen molar-refractivity contribution in [2.24, 2.45) is 0 Å². The van der Waals surface area contributed by atoms with Gasteiger partial charge in [0.05, 0.1) is 11.1 Å². The largest absolute Gasteiger partial charge is 0.422 e. The molecule has 0 radical (unpaired) electrons. The number of nitrogens with one attached hydrogen (secondary N) is 1. The molecule has 0 fully saturated rings. The third-order valence-corrected chi connectivity index (χ3v) is 4.56. The van der Waals surface area contributed by atoms with Crippen molar-refractivity contribution in [1.82, 2.24) is 10.2 Å². The van der Waals surface area contributed by atoms with Gasteiger partial charge in [0.1, 0.15) is 11.3 Å². The summed E-state index contributed by atoms with van der Waals surface area (Å²) in [7, 11) is 0. The average molecular weight is 338 g/mol. The lowest BCUT2D eigenvalue weighted by atomic mass is 10.0. The van der Waals surface area contributed by atoms with Crippen molar-refractivity contribution in [3.8, 4) is 22.4 Å². The van der Waals surface area contributed by atoms with E-state index in [-0.39, 0.29) is 5.63 Å². The van der Waals surface area contributed by atoms with E-state index in [9.17, 15) is 4.79 Å². The Morgan fingerprint density at radius 2 is 1.62 bits per heavy atom. The third kappa shape index (κ3) is 2.31. The molecule has 0 saturated heterocycles. The summed E-state index contributed by atoms with van der Waals surface area (Å²) >= 11 is 0. The van der Waals surface area contributed by atoms with Crippen LogP contribution in [0.2, 0.25) is 0 Å². The zero-order chi connectivity index (χ0) is 17.5. The topological polar surface area (TPSA) is 58.9 Å². The summed E-state index contributed by atoms with van der Waals surface area (Å²) in [4.78, 5) is 12.5. The minimum atomic E-state index is -0.340. The molecule has 0 bridgehead atoms. The van der Waals surface area contributed by atoms with E-state index in [0.29, 0.717) is 11.1 Å². The van der Waals surface area contributed by atoms with Crippen LogP contribution in [0.3, 0.4) is 0 Å². The van der Waals surface area contributed by atoms with Crippen LogP contribution < -0.4 is 5.63 Å². The molecule has 0 saturated carbocycles. The monoisotopic (exact) mass is 338 g/mol. The molecule has 5 rings (SSSR count). The summed E-state index contributed by atoms with van der Waals surface area (Å²) in [6.07, 6.45) is 0. The van der Waals surface area contributed by atoms with Gasteiger partial charge in [-0.25, -0.2) is 4.79 Å². The number of benzene rings is 3. The maximum atomic E-state index is 12.5. The molecule has 0 spiro atoms. The summed E-state index contributed by atoms with van der Waals surface area (Å²) in [6, 6.07) is 25.2. The Hall–Kier alpha value is -3.66. The van der Waals surface area contributed by atoms with Crippen LogP contribution in [0.15, 0.2) is 88.1 Å². The standard InChI is InChI=1S/C22H14N2O2/c25-22-18(14-6-2-1-3-7-14)12-15-10-11-16(13-20(15)26-22)21-17-8-4-5-9-19(17)23-24-21/h1-13H,(H,23,24). The highest BCUT2D eigenvalue weighted by Crippen LogP contribution is 2.29. The van der Waals surface area contributed by atoms with Crippen LogP contribution in [-0.2, 0) is 0 Å². The number of aromatic nitrogens is 2. The maximum Gasteiger partial charge on any atom is 0.344 e. The Labute approximate surface area is 148 Å². The molecule has 0 aliphatic carbocycles. The Balaban J connectivity index is 1.68. The molecule has 0 amide bonds. The molecule has 4 nitrogen and oxygen atoms in total. The van der Waals surface area contributed by atoms with Gasteiger partial charge in [0.2, 0.25) is 0 Å². The van der Waals surface area contributed by atoms with Gasteiger partial charge in [0, 0.05) is 16.3 Å².